The number of hydrogen-bond donors (Lipinski definition) is 3. The van der Waals surface area contributed by atoms with Crippen molar-refractivity contribution in [2.75, 3.05) is 20.6 Å². The Labute approximate surface area is 67.5 Å². The molecule has 1 amide bonds. The number of amides is 1. The van der Waals surface area contributed by atoms with Gasteiger partial charge in [-0.15, -0.1) is 0 Å². The fraction of sp³-hybridized carbons (Fsp3) is 0.857. The smallest absolute Gasteiger partial charge is 0.236 e. The lowest BCUT2D eigenvalue weighted by molar-refractivity contribution is -0.368. The van der Waals surface area contributed by atoms with Crippen molar-refractivity contribution < 1.29 is 10.5 Å². The molecule has 11 heavy (non-hydrogen) atoms. The predicted molar refractivity (Wildman–Crippen MR) is 43.9 cm³/mol. The highest BCUT2D eigenvalue weighted by Gasteiger charge is 2.13. The molecule has 4 heteroatoms. The van der Waals surface area contributed by atoms with Crippen LogP contribution in [0.4, 0.5) is 0 Å². The molecule has 0 saturated heterocycles. The monoisotopic (exact) mass is 160 g/mol. The van der Waals surface area contributed by atoms with Crippen LogP contribution in [0.1, 0.15) is 12.8 Å². The van der Waals surface area contributed by atoms with Crippen molar-refractivity contribution in [3.8, 4) is 0 Å². The largest absolute Gasteiger partial charge is 0.358 e. The third-order valence-electron chi connectivity index (χ3n) is 1.65. The number of likely N-dealkylation sites (N-methyl/N-ethyl adjacent to an activating group) is 2. The van der Waals surface area contributed by atoms with E-state index in [1.54, 1.807) is 14.1 Å². The maximum atomic E-state index is 11.1. The minimum absolute atomic E-state index is 0.0539. The quantitative estimate of drug-likeness (QED) is 0.451. The summed E-state index contributed by atoms with van der Waals surface area (Å²) in [6, 6.07) is -0.0539. The molecule has 0 aromatic carbocycles. The maximum Gasteiger partial charge on any atom is 0.236 e. The van der Waals surface area contributed by atoms with Gasteiger partial charge in [0, 0.05) is 7.05 Å². The van der Waals surface area contributed by atoms with Crippen molar-refractivity contribution in [2.24, 2.45) is 0 Å². The lowest BCUT2D eigenvalue weighted by atomic mass is 10.1. The van der Waals surface area contributed by atoms with Crippen molar-refractivity contribution in [1.29, 1.82) is 0 Å². The lowest BCUT2D eigenvalue weighted by Crippen LogP contribution is -2.51. The molecule has 0 aliphatic heterocycles. The van der Waals surface area contributed by atoms with Crippen molar-refractivity contribution in [2.45, 2.75) is 18.9 Å². The molecule has 0 aliphatic rings. The molecule has 0 radical (unpaired) electrons. The Bertz CT molecular complexity index is 116. The summed E-state index contributed by atoms with van der Waals surface area (Å²) in [5, 5.41) is 5.55. The van der Waals surface area contributed by atoms with Crippen LogP contribution in [0.25, 0.3) is 0 Å². The molecule has 1 atom stereocenters. The van der Waals surface area contributed by atoms with E-state index in [1.165, 1.54) is 0 Å². The summed E-state index contributed by atoms with van der Waals surface area (Å²) in [7, 11) is 3.44. The van der Waals surface area contributed by atoms with Crippen LogP contribution in [0.2, 0.25) is 0 Å². The van der Waals surface area contributed by atoms with Gasteiger partial charge in [0.2, 0.25) is 5.91 Å². The Hall–Kier alpha value is -0.610. The van der Waals surface area contributed by atoms with E-state index >= 15 is 0 Å². The van der Waals surface area contributed by atoms with E-state index < -0.39 is 0 Å². The molecule has 0 fully saturated rings. The first kappa shape index (κ1) is 10.4. The molecule has 0 aliphatic carbocycles. The van der Waals surface area contributed by atoms with Crippen molar-refractivity contribution >= 4 is 5.91 Å². The summed E-state index contributed by atoms with van der Waals surface area (Å²) < 4.78 is 0. The van der Waals surface area contributed by atoms with Gasteiger partial charge in [-0.25, -0.2) is 0 Å². The van der Waals surface area contributed by atoms with E-state index in [1.807, 2.05) is 0 Å². The number of rotatable bonds is 5. The van der Waals surface area contributed by atoms with Crippen LogP contribution < -0.4 is 16.4 Å². The standard InChI is InChI=1S/C7H17N3O/c1-9-6(4-3-5-8)7(11)10-2/h6,9H,3-5,8H2,1-2H3,(H,10,11)/p+1/t6-/m0/s1. The van der Waals surface area contributed by atoms with Crippen LogP contribution in [0.5, 0.6) is 0 Å². The van der Waals surface area contributed by atoms with Gasteiger partial charge in [0.1, 0.15) is 0 Å². The van der Waals surface area contributed by atoms with Crippen LogP contribution in [0.15, 0.2) is 0 Å². The van der Waals surface area contributed by atoms with Crippen LogP contribution in [0.3, 0.4) is 0 Å². The minimum atomic E-state index is -0.0539. The van der Waals surface area contributed by atoms with Crippen LogP contribution in [-0.4, -0.2) is 32.6 Å². The highest BCUT2D eigenvalue weighted by atomic mass is 16.2. The van der Waals surface area contributed by atoms with Crippen molar-refractivity contribution in [3.05, 3.63) is 0 Å². The molecule has 66 valence electrons. The van der Waals surface area contributed by atoms with Gasteiger partial charge in [0.15, 0.2) is 0 Å². The van der Waals surface area contributed by atoms with Gasteiger partial charge >= 0.3 is 0 Å². The summed E-state index contributed by atoms with van der Waals surface area (Å²) in [6.45, 7) is 0.884. The Kier molecular flexibility index (Phi) is 5.78. The zero-order chi connectivity index (χ0) is 8.69. The minimum Gasteiger partial charge on any atom is -0.358 e. The lowest BCUT2D eigenvalue weighted by Gasteiger charge is -2.12. The first-order valence-electron chi connectivity index (χ1n) is 3.94. The third-order valence-corrected chi connectivity index (χ3v) is 1.65. The van der Waals surface area contributed by atoms with Gasteiger partial charge in [-0.3, -0.25) is 4.79 Å². The average Bonchev–Trinajstić information content (AvgIpc) is 2.05. The molecular weight excluding hydrogens is 142 g/mol. The second-order valence-corrected chi connectivity index (χ2v) is 2.45. The van der Waals surface area contributed by atoms with Crippen molar-refractivity contribution in [1.82, 2.24) is 10.6 Å². The van der Waals surface area contributed by atoms with Crippen LogP contribution in [-0.2, 0) is 4.79 Å². The molecule has 0 unspecified atom stereocenters. The Balaban J connectivity index is 3.65. The SMILES string of the molecule is CNC(=O)[C@H](CCC[NH3+])NC. The molecule has 5 N–H and O–H groups in total. The molecule has 0 rings (SSSR count). The fourth-order valence-electron chi connectivity index (χ4n) is 0.929. The second kappa shape index (κ2) is 6.12. The number of hydrogen-bond acceptors (Lipinski definition) is 2. The molecule has 4 nitrogen and oxygen atoms in total. The summed E-state index contributed by atoms with van der Waals surface area (Å²) in [5.74, 6) is 0.0564. The molecule has 0 saturated carbocycles. The highest BCUT2D eigenvalue weighted by molar-refractivity contribution is 5.81. The summed E-state index contributed by atoms with van der Waals surface area (Å²) in [6.07, 6.45) is 1.85. The van der Waals surface area contributed by atoms with E-state index in [-0.39, 0.29) is 11.9 Å². The van der Waals surface area contributed by atoms with Crippen LogP contribution >= 0.6 is 0 Å². The number of carbonyl (C=O) groups excluding carboxylic acids is 1. The van der Waals surface area contributed by atoms with E-state index in [2.05, 4.69) is 16.4 Å². The first-order chi connectivity index (χ1) is 5.26. The third kappa shape index (κ3) is 3.95. The molecule has 0 aromatic rings. The normalized spacial score (nSPS) is 12.6. The van der Waals surface area contributed by atoms with Gasteiger partial charge in [-0.1, -0.05) is 0 Å². The fourth-order valence-corrected chi connectivity index (χ4v) is 0.929. The average molecular weight is 160 g/mol. The molecule has 0 aromatic heterocycles. The molecular formula is C7H18N3O+. The van der Waals surface area contributed by atoms with E-state index in [4.69, 9.17) is 0 Å². The maximum absolute atomic E-state index is 11.1. The zero-order valence-corrected chi connectivity index (χ0v) is 7.31. The molecule has 0 heterocycles. The Morgan fingerprint density at radius 1 is 1.55 bits per heavy atom. The predicted octanol–water partition coefficient (Wildman–Crippen LogP) is -1.66. The Morgan fingerprint density at radius 3 is 2.55 bits per heavy atom. The summed E-state index contributed by atoms with van der Waals surface area (Å²) >= 11 is 0. The van der Waals surface area contributed by atoms with Gasteiger partial charge < -0.3 is 16.4 Å². The summed E-state index contributed by atoms with van der Waals surface area (Å²) in [4.78, 5) is 11.1. The zero-order valence-electron chi connectivity index (χ0n) is 7.31. The van der Waals surface area contributed by atoms with Gasteiger partial charge in [0.05, 0.1) is 12.6 Å². The number of quaternary nitrogens is 1. The Morgan fingerprint density at radius 2 is 2.18 bits per heavy atom. The second-order valence-electron chi connectivity index (χ2n) is 2.45. The topological polar surface area (TPSA) is 68.8 Å². The van der Waals surface area contributed by atoms with Gasteiger partial charge in [-0.2, -0.15) is 0 Å². The van der Waals surface area contributed by atoms with Gasteiger partial charge in [0.25, 0.3) is 0 Å². The first-order valence-corrected chi connectivity index (χ1v) is 3.94. The molecule has 0 spiro atoms. The van der Waals surface area contributed by atoms with E-state index in [0.29, 0.717) is 0 Å². The van der Waals surface area contributed by atoms with Crippen molar-refractivity contribution in [3.63, 3.8) is 0 Å². The highest BCUT2D eigenvalue weighted by Crippen LogP contribution is 1.94. The number of nitrogens with one attached hydrogen (secondary N) is 2. The summed E-state index contributed by atoms with van der Waals surface area (Å²) in [5.41, 5.74) is 3.72. The van der Waals surface area contributed by atoms with E-state index in [0.717, 1.165) is 19.4 Å². The number of carbonyl (C=O) groups is 1. The van der Waals surface area contributed by atoms with Gasteiger partial charge in [-0.05, 0) is 19.9 Å². The van der Waals surface area contributed by atoms with E-state index in [9.17, 15) is 4.79 Å². The van der Waals surface area contributed by atoms with Crippen LogP contribution in [0, 0.1) is 0 Å². The molecule has 0 bridgehead atoms.